The van der Waals surface area contributed by atoms with Gasteiger partial charge < -0.3 is 10.1 Å². The largest absolute Gasteiger partial charge is 0.474 e. The molecule has 9 nitrogen and oxygen atoms in total. The summed E-state index contributed by atoms with van der Waals surface area (Å²) in [6.07, 6.45) is 7.32. The number of hydrogen-bond donors (Lipinski definition) is 2. The van der Waals surface area contributed by atoms with E-state index in [1.54, 1.807) is 16.6 Å². The Bertz CT molecular complexity index is 1060. The smallest absolute Gasteiger partial charge is 0.257 e. The SMILES string of the molecule is NS(=O)(=O)c1ccc(CNc2cc(OC3CCCCC3)nc3ncnn23)cc1. The Morgan fingerprint density at radius 3 is 2.64 bits per heavy atom. The minimum atomic E-state index is -3.70. The number of primary sulfonamides is 1. The second-order valence-electron chi connectivity index (χ2n) is 6.87. The van der Waals surface area contributed by atoms with E-state index in [2.05, 4.69) is 20.4 Å². The van der Waals surface area contributed by atoms with Crippen LogP contribution in [0.1, 0.15) is 37.7 Å². The first-order valence-electron chi connectivity index (χ1n) is 9.22. The molecule has 1 aromatic carbocycles. The minimum absolute atomic E-state index is 0.0852. The van der Waals surface area contributed by atoms with E-state index in [4.69, 9.17) is 9.88 Å². The average Bonchev–Trinajstić information content (AvgIpc) is 3.15. The van der Waals surface area contributed by atoms with Gasteiger partial charge in [-0.1, -0.05) is 18.6 Å². The number of anilines is 1. The molecule has 1 aliphatic rings. The van der Waals surface area contributed by atoms with Crippen LogP contribution in [0.2, 0.25) is 0 Å². The van der Waals surface area contributed by atoms with Gasteiger partial charge in [-0.3, -0.25) is 0 Å². The van der Waals surface area contributed by atoms with Gasteiger partial charge in [-0.05, 0) is 43.4 Å². The van der Waals surface area contributed by atoms with E-state index in [0.717, 1.165) is 18.4 Å². The third-order valence-electron chi connectivity index (χ3n) is 4.79. The lowest BCUT2D eigenvalue weighted by atomic mass is 9.98. The number of rotatable bonds is 6. The fourth-order valence-corrected chi connectivity index (χ4v) is 3.84. The van der Waals surface area contributed by atoms with Gasteiger partial charge in [-0.15, -0.1) is 0 Å². The fourth-order valence-electron chi connectivity index (χ4n) is 3.32. The Balaban J connectivity index is 1.51. The standard InChI is InChI=1S/C18H22N6O3S/c19-28(25,26)15-8-6-13(7-9-15)11-20-16-10-17(23-18-21-12-22-24(16)18)27-14-4-2-1-3-5-14/h6-10,12,14,20H,1-5,11H2,(H2,19,25,26). The average molecular weight is 402 g/mol. The molecular weight excluding hydrogens is 380 g/mol. The molecule has 0 spiro atoms. The molecule has 0 unspecified atom stereocenters. The van der Waals surface area contributed by atoms with Crippen LogP contribution >= 0.6 is 0 Å². The summed E-state index contributed by atoms with van der Waals surface area (Å²) in [5.74, 6) is 1.68. The number of sulfonamides is 1. The molecule has 3 aromatic rings. The number of aromatic nitrogens is 4. The monoisotopic (exact) mass is 402 g/mol. The summed E-state index contributed by atoms with van der Waals surface area (Å²) in [7, 11) is -3.70. The molecule has 0 aliphatic heterocycles. The van der Waals surface area contributed by atoms with Crippen molar-refractivity contribution in [3.8, 4) is 5.88 Å². The molecule has 28 heavy (non-hydrogen) atoms. The van der Waals surface area contributed by atoms with E-state index < -0.39 is 10.0 Å². The molecule has 2 aromatic heterocycles. The summed E-state index contributed by atoms with van der Waals surface area (Å²) >= 11 is 0. The first kappa shape index (κ1) is 18.6. The molecule has 1 saturated carbocycles. The maximum atomic E-state index is 11.4. The van der Waals surface area contributed by atoms with E-state index in [1.165, 1.54) is 37.7 Å². The van der Waals surface area contributed by atoms with Crippen molar-refractivity contribution < 1.29 is 13.2 Å². The maximum absolute atomic E-state index is 11.4. The van der Waals surface area contributed by atoms with Gasteiger partial charge in [-0.2, -0.15) is 19.6 Å². The number of nitrogens with zero attached hydrogens (tertiary/aromatic N) is 4. The molecule has 0 amide bonds. The van der Waals surface area contributed by atoms with Crippen molar-refractivity contribution in [3.05, 3.63) is 42.2 Å². The number of ether oxygens (including phenoxy) is 1. The zero-order valence-electron chi connectivity index (χ0n) is 15.3. The highest BCUT2D eigenvalue weighted by atomic mass is 32.2. The summed E-state index contributed by atoms with van der Waals surface area (Å²) in [6.45, 7) is 0.465. The van der Waals surface area contributed by atoms with Crippen molar-refractivity contribution in [2.75, 3.05) is 5.32 Å². The van der Waals surface area contributed by atoms with E-state index >= 15 is 0 Å². The predicted molar refractivity (Wildman–Crippen MR) is 103 cm³/mol. The lowest BCUT2D eigenvalue weighted by Gasteiger charge is -2.22. The summed E-state index contributed by atoms with van der Waals surface area (Å²) in [5, 5.41) is 12.6. The Kier molecular flexibility index (Phi) is 5.14. The van der Waals surface area contributed by atoms with Crippen molar-refractivity contribution in [1.29, 1.82) is 0 Å². The molecule has 0 atom stereocenters. The van der Waals surface area contributed by atoms with Gasteiger partial charge >= 0.3 is 0 Å². The summed E-state index contributed by atoms with van der Waals surface area (Å²) in [6, 6.07) is 8.22. The summed E-state index contributed by atoms with van der Waals surface area (Å²) in [4.78, 5) is 8.68. The first-order valence-corrected chi connectivity index (χ1v) is 10.8. The molecule has 2 heterocycles. The van der Waals surface area contributed by atoms with Crippen LogP contribution in [0.3, 0.4) is 0 Å². The van der Waals surface area contributed by atoms with Crippen LogP contribution in [0.4, 0.5) is 5.82 Å². The zero-order chi connectivity index (χ0) is 19.6. The van der Waals surface area contributed by atoms with Crippen LogP contribution in [-0.4, -0.2) is 34.1 Å². The van der Waals surface area contributed by atoms with Crippen LogP contribution in [-0.2, 0) is 16.6 Å². The first-order chi connectivity index (χ1) is 13.5. The van der Waals surface area contributed by atoms with Crippen molar-refractivity contribution in [2.45, 2.75) is 49.6 Å². The van der Waals surface area contributed by atoms with Gasteiger partial charge in [0.2, 0.25) is 15.9 Å². The molecule has 0 saturated heterocycles. The lowest BCUT2D eigenvalue weighted by molar-refractivity contribution is 0.149. The molecular formula is C18H22N6O3S. The Morgan fingerprint density at radius 1 is 1.18 bits per heavy atom. The minimum Gasteiger partial charge on any atom is -0.474 e. The number of benzene rings is 1. The Hall–Kier alpha value is -2.72. The Morgan fingerprint density at radius 2 is 1.93 bits per heavy atom. The fraction of sp³-hybridized carbons (Fsp3) is 0.389. The summed E-state index contributed by atoms with van der Waals surface area (Å²) in [5.41, 5.74) is 0.896. The van der Waals surface area contributed by atoms with Crippen LogP contribution in [0.5, 0.6) is 5.88 Å². The Labute approximate surface area is 163 Å². The van der Waals surface area contributed by atoms with Gasteiger partial charge in [0, 0.05) is 12.6 Å². The van der Waals surface area contributed by atoms with E-state index in [-0.39, 0.29) is 11.0 Å². The van der Waals surface area contributed by atoms with Crippen molar-refractivity contribution in [2.24, 2.45) is 5.14 Å². The number of nitrogens with two attached hydrogens (primary N) is 1. The predicted octanol–water partition coefficient (Wildman–Crippen LogP) is 2.10. The van der Waals surface area contributed by atoms with Gasteiger partial charge in [0.05, 0.1) is 4.90 Å². The molecule has 1 fully saturated rings. The van der Waals surface area contributed by atoms with Gasteiger partial charge in [0.15, 0.2) is 0 Å². The van der Waals surface area contributed by atoms with Gasteiger partial charge in [0.1, 0.15) is 18.2 Å². The van der Waals surface area contributed by atoms with Crippen LogP contribution in [0.15, 0.2) is 41.6 Å². The number of hydrogen-bond acceptors (Lipinski definition) is 7. The second kappa shape index (κ2) is 7.72. The molecule has 148 valence electrons. The highest BCUT2D eigenvalue weighted by molar-refractivity contribution is 7.89. The highest BCUT2D eigenvalue weighted by Gasteiger charge is 2.17. The zero-order valence-corrected chi connectivity index (χ0v) is 16.1. The molecule has 4 rings (SSSR count). The quantitative estimate of drug-likeness (QED) is 0.647. The lowest BCUT2D eigenvalue weighted by Crippen LogP contribution is -2.20. The van der Waals surface area contributed by atoms with Gasteiger partial charge in [0.25, 0.3) is 5.78 Å². The third kappa shape index (κ3) is 4.23. The van der Waals surface area contributed by atoms with E-state index in [9.17, 15) is 8.42 Å². The second-order valence-corrected chi connectivity index (χ2v) is 8.43. The number of nitrogens with one attached hydrogen (secondary N) is 1. The maximum Gasteiger partial charge on any atom is 0.257 e. The normalized spacial score (nSPS) is 15.6. The molecule has 0 bridgehead atoms. The molecule has 0 radical (unpaired) electrons. The van der Waals surface area contributed by atoms with Crippen molar-refractivity contribution in [1.82, 2.24) is 19.6 Å². The molecule has 3 N–H and O–H groups in total. The van der Waals surface area contributed by atoms with Crippen LogP contribution in [0.25, 0.3) is 5.78 Å². The molecule has 1 aliphatic carbocycles. The summed E-state index contributed by atoms with van der Waals surface area (Å²) < 4.78 is 30.4. The van der Waals surface area contributed by atoms with Crippen molar-refractivity contribution >= 4 is 21.6 Å². The van der Waals surface area contributed by atoms with E-state index in [0.29, 0.717) is 24.0 Å². The topological polar surface area (TPSA) is 124 Å². The van der Waals surface area contributed by atoms with Crippen molar-refractivity contribution in [3.63, 3.8) is 0 Å². The van der Waals surface area contributed by atoms with E-state index in [1.807, 2.05) is 6.07 Å². The highest BCUT2D eigenvalue weighted by Crippen LogP contribution is 2.24. The number of fused-ring (bicyclic) bond motifs is 1. The van der Waals surface area contributed by atoms with Gasteiger partial charge in [-0.25, -0.2) is 13.6 Å². The molecule has 10 heteroatoms. The van der Waals surface area contributed by atoms with Crippen LogP contribution < -0.4 is 15.2 Å². The van der Waals surface area contributed by atoms with Crippen LogP contribution in [0, 0.1) is 0 Å². The third-order valence-corrected chi connectivity index (χ3v) is 5.72.